The highest BCUT2D eigenvalue weighted by Crippen LogP contribution is 2.66. The second kappa shape index (κ2) is 19.1. The summed E-state index contributed by atoms with van der Waals surface area (Å²) >= 11 is 12.8. The van der Waals surface area contributed by atoms with Crippen molar-refractivity contribution >= 4 is 96.9 Å². The second-order valence-corrected chi connectivity index (χ2v) is 32.3. The molecule has 6 aromatic carbocycles. The van der Waals surface area contributed by atoms with Gasteiger partial charge in [-0.15, -0.1) is 0 Å². The predicted octanol–water partition coefficient (Wildman–Crippen LogP) is 10.2. The van der Waals surface area contributed by atoms with Crippen LogP contribution in [0.25, 0.3) is 0 Å². The van der Waals surface area contributed by atoms with Crippen molar-refractivity contribution in [2.75, 3.05) is 24.6 Å². The molecule has 8 heteroatoms. The summed E-state index contributed by atoms with van der Waals surface area (Å²) in [7, 11) is 10.8. The molecule has 0 saturated carbocycles. The lowest BCUT2D eigenvalue weighted by Crippen LogP contribution is -2.28. The van der Waals surface area contributed by atoms with Gasteiger partial charge in [0.15, 0.2) is 0 Å². The van der Waals surface area contributed by atoms with Gasteiger partial charge in [-0.2, -0.15) is 0 Å². The molecule has 4 atom stereocenters. The van der Waals surface area contributed by atoms with Crippen LogP contribution < -0.4 is 31.8 Å². The van der Waals surface area contributed by atoms with Gasteiger partial charge in [-0.1, -0.05) is 169 Å². The summed E-state index contributed by atoms with van der Waals surface area (Å²) < 4.78 is 0. The molecule has 0 N–H and O–H groups in total. The van der Waals surface area contributed by atoms with Crippen molar-refractivity contribution in [3.8, 4) is 0 Å². The lowest BCUT2D eigenvalue weighted by Gasteiger charge is -2.29. The third-order valence-electron chi connectivity index (χ3n) is 12.1. The fourth-order valence-corrected chi connectivity index (χ4v) is 24.8. The van der Waals surface area contributed by atoms with Crippen LogP contribution in [0.15, 0.2) is 182 Å². The fraction of sp³-hybridized carbons (Fsp3) is 0.250. The van der Waals surface area contributed by atoms with E-state index in [2.05, 4.69) is 182 Å². The average Bonchev–Trinajstić information content (AvgIpc) is 3.86. The van der Waals surface area contributed by atoms with Gasteiger partial charge in [0, 0.05) is 25.8 Å². The van der Waals surface area contributed by atoms with Crippen LogP contribution in [-0.2, 0) is 23.6 Å². The van der Waals surface area contributed by atoms with Crippen molar-refractivity contribution in [1.29, 1.82) is 0 Å². The van der Waals surface area contributed by atoms with E-state index in [9.17, 15) is 0 Å². The zero-order valence-corrected chi connectivity index (χ0v) is 37.5. The molecule has 2 fully saturated rings. The molecule has 280 valence electrons. The van der Waals surface area contributed by atoms with E-state index in [1.165, 1.54) is 69.8 Å². The normalized spacial score (nSPS) is 22.2. The van der Waals surface area contributed by atoms with Crippen molar-refractivity contribution in [3.63, 3.8) is 0 Å². The Morgan fingerprint density at radius 1 is 0.607 bits per heavy atom. The number of hydrogen-bond donors (Lipinski definition) is 0. The van der Waals surface area contributed by atoms with Gasteiger partial charge in [-0.05, 0) is 116 Å². The average molecular weight is 839 g/mol. The van der Waals surface area contributed by atoms with Gasteiger partial charge in [0.05, 0.1) is 27.7 Å². The first-order valence-corrected chi connectivity index (χ1v) is 30.3. The molecule has 0 nitrogen and oxygen atoms in total. The molecule has 6 aromatic rings. The van der Waals surface area contributed by atoms with Crippen LogP contribution in [0.2, 0.25) is 0 Å². The van der Waals surface area contributed by atoms with Crippen molar-refractivity contribution in [3.05, 3.63) is 182 Å². The maximum atomic E-state index is 7.23. The highest BCUT2D eigenvalue weighted by molar-refractivity contribution is 8.22. The lowest BCUT2D eigenvalue weighted by molar-refractivity contribution is 0.759. The second-order valence-electron chi connectivity index (χ2n) is 15.4. The van der Waals surface area contributed by atoms with Gasteiger partial charge < -0.3 is 0 Å². The van der Waals surface area contributed by atoms with E-state index in [0.29, 0.717) is 11.3 Å². The number of benzene rings is 6. The zero-order chi connectivity index (χ0) is 38.9. The third-order valence-corrected chi connectivity index (χ3v) is 30.6. The van der Waals surface area contributed by atoms with E-state index in [1.54, 1.807) is 0 Å². The Morgan fingerprint density at radius 2 is 1.07 bits per heavy atom. The summed E-state index contributed by atoms with van der Waals surface area (Å²) in [5, 5.41) is 8.07. The highest BCUT2D eigenvalue weighted by atomic mass is 32.4. The minimum absolute atomic E-state index is 0.588. The summed E-state index contributed by atoms with van der Waals surface area (Å²) in [5.41, 5.74) is 1.23. The molecule has 0 spiro atoms. The summed E-state index contributed by atoms with van der Waals surface area (Å²) in [5.74, 6) is 0. The Kier molecular flexibility index (Phi) is 14.3. The third kappa shape index (κ3) is 9.24. The first-order valence-electron chi connectivity index (χ1n) is 20.1. The van der Waals surface area contributed by atoms with Crippen molar-refractivity contribution < 1.29 is 0 Å². The van der Waals surface area contributed by atoms with Crippen molar-refractivity contribution in [2.24, 2.45) is 0 Å². The Hall–Kier alpha value is -2.39. The molecule has 2 aliphatic rings. The molecule has 8 rings (SSSR count). The van der Waals surface area contributed by atoms with Crippen LogP contribution in [0.4, 0.5) is 0 Å². The van der Waals surface area contributed by atoms with Crippen LogP contribution in [0.1, 0.15) is 38.5 Å². The number of rotatable bonds is 12. The largest absolute Gasteiger partial charge is 0.377 e. The lowest BCUT2D eigenvalue weighted by atomic mass is 10.2. The van der Waals surface area contributed by atoms with E-state index in [0.717, 1.165) is 25.2 Å². The maximum absolute atomic E-state index is 7.23. The van der Waals surface area contributed by atoms with Crippen LogP contribution in [0.5, 0.6) is 0 Å². The molecular formula is C48H52B2P4S2+2. The maximum Gasteiger partial charge on any atom is 0.377 e. The predicted molar refractivity (Wildman–Crippen MR) is 265 cm³/mol. The quantitative estimate of drug-likeness (QED) is 0.0890. The van der Waals surface area contributed by atoms with Crippen LogP contribution in [-0.4, -0.2) is 51.1 Å². The minimum Gasteiger partial charge on any atom is -0.0923 e. The molecule has 0 aliphatic carbocycles. The molecule has 56 heavy (non-hydrogen) atoms. The SMILES string of the molecule is S=P(CC[C@@H]1CCC[P@]1(=S)c1ccccc1)(c1ccccc1)c1ccccc1.[B][P+](CC[C@@H]1CCC[P+]1([B])c1ccccc1)(c1ccccc1)c1ccccc1. The van der Waals surface area contributed by atoms with E-state index in [1.807, 2.05) is 0 Å². The van der Waals surface area contributed by atoms with Gasteiger partial charge >= 0.3 is 15.1 Å². The molecule has 0 bridgehead atoms. The summed E-state index contributed by atoms with van der Waals surface area (Å²) in [6.07, 6.45) is 11.8. The monoisotopic (exact) mass is 838 g/mol. The minimum atomic E-state index is -1.91. The Labute approximate surface area is 351 Å². The standard InChI is InChI=1S/C24H26B2P2.C24H26P2S2/c25-27(21-11-4-1-5-12-21)19-10-17-24(27)18-20-28(26,22-13-6-2-7-14-22)23-15-8-3-9-16-23;27-25(21-11-4-1-5-12-21)19-10-17-24(25)18-20-26(28,22-13-6-2-7-14-22)23-15-8-3-9-16-23/h2*1-9,11-16,24H,10,17-20H2/q+2;/t24-,27?;24-,25-/m00/s1. The molecule has 0 aromatic heterocycles. The van der Waals surface area contributed by atoms with E-state index in [-0.39, 0.29) is 0 Å². The Bertz CT molecular complexity index is 2130. The molecule has 4 radical (unpaired) electrons. The smallest absolute Gasteiger partial charge is 0.0923 e. The Morgan fingerprint density at radius 3 is 1.59 bits per heavy atom. The highest BCUT2D eigenvalue weighted by Gasteiger charge is 2.49. The van der Waals surface area contributed by atoms with Gasteiger partial charge in [-0.25, -0.2) is 0 Å². The summed E-state index contributed by atoms with van der Waals surface area (Å²) in [4.78, 5) is 0. The van der Waals surface area contributed by atoms with Gasteiger partial charge in [0.25, 0.3) is 0 Å². The molecule has 2 aliphatic heterocycles. The molecule has 1 unspecified atom stereocenters. The summed E-state index contributed by atoms with van der Waals surface area (Å²) in [6.45, 7) is 0. The number of hydrogen-bond acceptors (Lipinski definition) is 2. The van der Waals surface area contributed by atoms with Gasteiger partial charge in [0.2, 0.25) is 0 Å². The van der Waals surface area contributed by atoms with Crippen LogP contribution in [0.3, 0.4) is 0 Å². The van der Waals surface area contributed by atoms with Gasteiger partial charge in [0.1, 0.15) is 0 Å². The summed E-state index contributed by atoms with van der Waals surface area (Å²) in [6, 6.07) is 61.5. The van der Waals surface area contributed by atoms with Crippen LogP contribution >= 0.6 is 26.4 Å². The first kappa shape index (κ1) is 41.8. The molecule has 2 saturated heterocycles. The van der Waals surface area contributed by atoms with E-state index >= 15 is 0 Å². The fourth-order valence-electron chi connectivity index (χ4n) is 8.97. The molecule has 0 amide bonds. The van der Waals surface area contributed by atoms with E-state index in [4.69, 9.17) is 38.7 Å². The van der Waals surface area contributed by atoms with E-state index < -0.39 is 26.4 Å². The van der Waals surface area contributed by atoms with Gasteiger partial charge in [-0.3, -0.25) is 0 Å². The Balaban J connectivity index is 0.000000172. The zero-order valence-electron chi connectivity index (χ0n) is 32.3. The first-order chi connectivity index (χ1) is 27.3. The van der Waals surface area contributed by atoms with Crippen molar-refractivity contribution in [2.45, 2.75) is 49.8 Å². The van der Waals surface area contributed by atoms with Crippen LogP contribution in [0, 0.1) is 0 Å². The topological polar surface area (TPSA) is 0 Å². The molecular weight excluding hydrogens is 786 g/mol. The molecule has 2 heterocycles. The van der Waals surface area contributed by atoms with Crippen molar-refractivity contribution in [1.82, 2.24) is 0 Å².